The summed E-state index contributed by atoms with van der Waals surface area (Å²) < 4.78 is 0. The molecule has 0 saturated carbocycles. The molecule has 1 rings (SSSR count). The number of nitrogens with zero attached hydrogens (tertiary/aromatic N) is 2. The minimum Gasteiger partial charge on any atom is -0.395 e. The van der Waals surface area contributed by atoms with E-state index in [1.807, 2.05) is 12.1 Å². The number of aromatic nitrogens is 1. The summed E-state index contributed by atoms with van der Waals surface area (Å²) in [6.07, 6.45) is 2.06. The third-order valence-corrected chi connectivity index (χ3v) is 2.93. The van der Waals surface area contributed by atoms with E-state index in [9.17, 15) is 0 Å². The first kappa shape index (κ1) is 13.3. The number of rotatable bonds is 6. The lowest BCUT2D eigenvalue weighted by Crippen LogP contribution is -2.37. The van der Waals surface area contributed by atoms with Gasteiger partial charge in [0.2, 0.25) is 0 Å². The standard InChI is InChI=1S/C12H19ClN2O/c1-3-10(4-2)15(8-9-16)12-7-5-6-11(13)14-12/h5-7,10,16H,3-4,8-9H2,1-2H3. The van der Waals surface area contributed by atoms with Gasteiger partial charge in [0.15, 0.2) is 0 Å². The third-order valence-electron chi connectivity index (χ3n) is 2.72. The zero-order valence-electron chi connectivity index (χ0n) is 9.86. The monoisotopic (exact) mass is 242 g/mol. The van der Waals surface area contributed by atoms with Gasteiger partial charge in [0.25, 0.3) is 0 Å². The van der Waals surface area contributed by atoms with E-state index in [2.05, 4.69) is 23.7 Å². The van der Waals surface area contributed by atoms with Crippen molar-refractivity contribution in [1.82, 2.24) is 4.98 Å². The Labute approximate surface area is 102 Å². The molecule has 0 bridgehead atoms. The molecule has 4 heteroatoms. The summed E-state index contributed by atoms with van der Waals surface area (Å²) >= 11 is 5.88. The van der Waals surface area contributed by atoms with Gasteiger partial charge in [-0.2, -0.15) is 0 Å². The van der Waals surface area contributed by atoms with Crippen molar-refractivity contribution < 1.29 is 5.11 Å². The van der Waals surface area contributed by atoms with Crippen LogP contribution in [0.25, 0.3) is 0 Å². The van der Waals surface area contributed by atoms with Crippen molar-refractivity contribution in [2.75, 3.05) is 18.1 Å². The van der Waals surface area contributed by atoms with Crippen LogP contribution < -0.4 is 4.90 Å². The van der Waals surface area contributed by atoms with E-state index in [1.54, 1.807) is 6.07 Å². The van der Waals surface area contributed by atoms with Gasteiger partial charge in [-0.25, -0.2) is 4.98 Å². The predicted octanol–water partition coefficient (Wildman–Crippen LogP) is 2.72. The second-order valence-electron chi connectivity index (χ2n) is 3.71. The Hall–Kier alpha value is -0.800. The highest BCUT2D eigenvalue weighted by molar-refractivity contribution is 6.29. The van der Waals surface area contributed by atoms with Gasteiger partial charge in [0.05, 0.1) is 6.61 Å². The maximum absolute atomic E-state index is 9.10. The molecule has 3 nitrogen and oxygen atoms in total. The lowest BCUT2D eigenvalue weighted by atomic mass is 10.1. The maximum atomic E-state index is 9.10. The third kappa shape index (κ3) is 3.35. The molecule has 0 saturated heterocycles. The molecule has 0 fully saturated rings. The van der Waals surface area contributed by atoms with E-state index in [-0.39, 0.29) is 6.61 Å². The van der Waals surface area contributed by atoms with Crippen LogP contribution >= 0.6 is 11.6 Å². The molecule has 0 aliphatic carbocycles. The van der Waals surface area contributed by atoms with E-state index in [0.717, 1.165) is 18.7 Å². The Bertz CT molecular complexity index is 316. The molecule has 1 heterocycles. The molecule has 0 radical (unpaired) electrons. The first-order valence-corrected chi connectivity index (χ1v) is 6.10. The van der Waals surface area contributed by atoms with Crippen molar-refractivity contribution in [3.8, 4) is 0 Å². The number of aliphatic hydroxyl groups excluding tert-OH is 1. The molecule has 1 N–H and O–H groups in total. The molecule has 0 aromatic carbocycles. The minimum absolute atomic E-state index is 0.130. The fraction of sp³-hybridized carbons (Fsp3) is 0.583. The van der Waals surface area contributed by atoms with E-state index in [4.69, 9.17) is 16.7 Å². The second-order valence-corrected chi connectivity index (χ2v) is 4.09. The maximum Gasteiger partial charge on any atom is 0.131 e. The fourth-order valence-electron chi connectivity index (χ4n) is 1.88. The zero-order chi connectivity index (χ0) is 12.0. The summed E-state index contributed by atoms with van der Waals surface area (Å²) in [4.78, 5) is 6.41. The molecule has 16 heavy (non-hydrogen) atoms. The molecule has 0 aliphatic heterocycles. The Morgan fingerprint density at radius 1 is 1.38 bits per heavy atom. The van der Waals surface area contributed by atoms with Crippen LogP contribution in [-0.4, -0.2) is 29.3 Å². The number of halogens is 1. The van der Waals surface area contributed by atoms with Crippen LogP contribution in [0.5, 0.6) is 0 Å². The van der Waals surface area contributed by atoms with Crippen molar-refractivity contribution >= 4 is 17.4 Å². The number of anilines is 1. The van der Waals surface area contributed by atoms with Gasteiger partial charge in [-0.1, -0.05) is 31.5 Å². The Balaban J connectivity index is 2.91. The first-order valence-electron chi connectivity index (χ1n) is 5.73. The SMILES string of the molecule is CCC(CC)N(CCO)c1cccc(Cl)n1. The van der Waals surface area contributed by atoms with Crippen molar-refractivity contribution in [2.24, 2.45) is 0 Å². The summed E-state index contributed by atoms with van der Waals surface area (Å²) in [5.74, 6) is 0.843. The summed E-state index contributed by atoms with van der Waals surface area (Å²) in [5.41, 5.74) is 0. The van der Waals surface area contributed by atoms with E-state index < -0.39 is 0 Å². The average Bonchev–Trinajstić information content (AvgIpc) is 2.29. The van der Waals surface area contributed by atoms with Gasteiger partial charge in [-0.15, -0.1) is 0 Å². The van der Waals surface area contributed by atoms with E-state index >= 15 is 0 Å². The van der Waals surface area contributed by atoms with Crippen LogP contribution in [0.3, 0.4) is 0 Å². The number of aliphatic hydroxyl groups is 1. The van der Waals surface area contributed by atoms with Crippen molar-refractivity contribution in [2.45, 2.75) is 32.7 Å². The quantitative estimate of drug-likeness (QED) is 0.780. The fourth-order valence-corrected chi connectivity index (χ4v) is 2.04. The molecule has 90 valence electrons. The van der Waals surface area contributed by atoms with Crippen LogP contribution in [-0.2, 0) is 0 Å². The van der Waals surface area contributed by atoms with Crippen LogP contribution in [0, 0.1) is 0 Å². The summed E-state index contributed by atoms with van der Waals surface area (Å²) in [5, 5.41) is 9.60. The predicted molar refractivity (Wildman–Crippen MR) is 68.0 cm³/mol. The molecule has 1 aromatic heterocycles. The highest BCUT2D eigenvalue weighted by Crippen LogP contribution is 2.19. The zero-order valence-corrected chi connectivity index (χ0v) is 10.6. The van der Waals surface area contributed by atoms with Crippen LogP contribution in [0.1, 0.15) is 26.7 Å². The van der Waals surface area contributed by atoms with Gasteiger partial charge in [0, 0.05) is 12.6 Å². The number of pyridine rings is 1. The van der Waals surface area contributed by atoms with Gasteiger partial charge in [-0.3, -0.25) is 0 Å². The summed E-state index contributed by atoms with van der Waals surface area (Å²) in [6, 6.07) is 5.98. The Morgan fingerprint density at radius 2 is 2.06 bits per heavy atom. The largest absolute Gasteiger partial charge is 0.395 e. The summed E-state index contributed by atoms with van der Waals surface area (Å²) in [7, 11) is 0. The first-order chi connectivity index (χ1) is 7.72. The number of hydrogen-bond acceptors (Lipinski definition) is 3. The lowest BCUT2D eigenvalue weighted by Gasteiger charge is -2.31. The Morgan fingerprint density at radius 3 is 2.56 bits per heavy atom. The van der Waals surface area contributed by atoms with E-state index in [1.165, 1.54) is 0 Å². The van der Waals surface area contributed by atoms with E-state index in [0.29, 0.717) is 17.7 Å². The molecular formula is C12H19ClN2O. The van der Waals surface area contributed by atoms with Crippen molar-refractivity contribution in [3.05, 3.63) is 23.4 Å². The lowest BCUT2D eigenvalue weighted by molar-refractivity contribution is 0.295. The topological polar surface area (TPSA) is 36.4 Å². The van der Waals surface area contributed by atoms with Crippen LogP contribution in [0.2, 0.25) is 5.15 Å². The van der Waals surface area contributed by atoms with Crippen molar-refractivity contribution in [3.63, 3.8) is 0 Å². The minimum atomic E-state index is 0.130. The van der Waals surface area contributed by atoms with Crippen LogP contribution in [0.15, 0.2) is 18.2 Å². The molecule has 0 atom stereocenters. The highest BCUT2D eigenvalue weighted by Gasteiger charge is 2.16. The molecule has 0 amide bonds. The molecule has 0 spiro atoms. The van der Waals surface area contributed by atoms with Gasteiger partial charge < -0.3 is 10.0 Å². The molecule has 0 unspecified atom stereocenters. The second kappa shape index (κ2) is 6.71. The molecular weight excluding hydrogens is 224 g/mol. The Kier molecular flexibility index (Phi) is 5.56. The van der Waals surface area contributed by atoms with Gasteiger partial charge >= 0.3 is 0 Å². The van der Waals surface area contributed by atoms with Crippen molar-refractivity contribution in [1.29, 1.82) is 0 Å². The number of hydrogen-bond donors (Lipinski definition) is 1. The summed E-state index contributed by atoms with van der Waals surface area (Å²) in [6.45, 7) is 5.01. The van der Waals surface area contributed by atoms with Gasteiger partial charge in [-0.05, 0) is 25.0 Å². The highest BCUT2D eigenvalue weighted by atomic mass is 35.5. The average molecular weight is 243 g/mol. The van der Waals surface area contributed by atoms with Crippen LogP contribution in [0.4, 0.5) is 5.82 Å². The van der Waals surface area contributed by atoms with Gasteiger partial charge in [0.1, 0.15) is 11.0 Å². The normalized spacial score (nSPS) is 10.8. The molecule has 0 aliphatic rings. The molecule has 1 aromatic rings. The smallest absolute Gasteiger partial charge is 0.131 e.